The largest absolute Gasteiger partial charge is 0.347 e. The molecule has 0 heterocycles. The van der Waals surface area contributed by atoms with Crippen molar-refractivity contribution in [2.24, 2.45) is 5.92 Å². The first-order valence-electron chi connectivity index (χ1n) is 7.97. The highest BCUT2D eigenvalue weighted by atomic mass is 16.2. The molecule has 0 aromatic heterocycles. The molecule has 2 aliphatic rings. The molecule has 0 radical (unpaired) electrons. The molecular weight excluding hydrogens is 276 g/mol. The predicted molar refractivity (Wildman–Crippen MR) is 81.8 cm³/mol. The normalized spacial score (nSPS) is 18.3. The van der Waals surface area contributed by atoms with Crippen LogP contribution >= 0.6 is 0 Å². The maximum absolute atomic E-state index is 12.1. The Hall–Kier alpha value is -2.15. The summed E-state index contributed by atoms with van der Waals surface area (Å²) in [7, 11) is 0. The Labute approximate surface area is 130 Å². The molecule has 1 aromatic rings. The minimum absolute atomic E-state index is 0.00320. The van der Waals surface area contributed by atoms with Gasteiger partial charge < -0.3 is 5.32 Å². The second-order valence-electron chi connectivity index (χ2n) is 6.42. The first-order valence-corrected chi connectivity index (χ1v) is 7.97. The number of amides is 1. The van der Waals surface area contributed by atoms with Crippen molar-refractivity contribution in [1.29, 1.82) is 5.26 Å². The van der Waals surface area contributed by atoms with E-state index in [0.717, 1.165) is 31.2 Å². The lowest BCUT2D eigenvalue weighted by molar-refractivity contribution is -0.122. The lowest BCUT2D eigenvalue weighted by Crippen LogP contribution is -2.34. The molecule has 2 fully saturated rings. The van der Waals surface area contributed by atoms with Crippen molar-refractivity contribution in [3.05, 3.63) is 35.4 Å². The van der Waals surface area contributed by atoms with Gasteiger partial charge >= 0.3 is 0 Å². The summed E-state index contributed by atoms with van der Waals surface area (Å²) in [5, 5.41) is 12.1. The summed E-state index contributed by atoms with van der Waals surface area (Å²) in [4.78, 5) is 23.7. The van der Waals surface area contributed by atoms with Gasteiger partial charge in [-0.15, -0.1) is 0 Å². The fraction of sp³-hybridized carbons (Fsp3) is 0.500. The third kappa shape index (κ3) is 3.36. The molecule has 0 spiro atoms. The number of nitriles is 1. The fourth-order valence-corrected chi connectivity index (χ4v) is 2.86. The molecule has 114 valence electrons. The number of carbonyl (C=O) groups is 2. The molecule has 0 saturated heterocycles. The molecule has 2 aliphatic carbocycles. The molecule has 4 nitrogen and oxygen atoms in total. The van der Waals surface area contributed by atoms with Crippen molar-refractivity contribution < 1.29 is 9.59 Å². The highest BCUT2D eigenvalue weighted by Gasteiger charge is 2.45. The molecule has 1 amide bonds. The summed E-state index contributed by atoms with van der Waals surface area (Å²) in [5.74, 6) is 0.602. The first-order chi connectivity index (χ1) is 10.6. The van der Waals surface area contributed by atoms with E-state index in [1.807, 2.05) is 18.2 Å². The van der Waals surface area contributed by atoms with E-state index in [1.165, 1.54) is 0 Å². The fourth-order valence-electron chi connectivity index (χ4n) is 2.86. The third-order valence-electron chi connectivity index (χ3n) is 4.53. The van der Waals surface area contributed by atoms with Crippen LogP contribution in [0.2, 0.25) is 0 Å². The summed E-state index contributed by atoms with van der Waals surface area (Å²) in [6.07, 6.45) is 5.44. The van der Waals surface area contributed by atoms with Crippen molar-refractivity contribution in [3.63, 3.8) is 0 Å². The van der Waals surface area contributed by atoms with Gasteiger partial charge in [-0.2, -0.15) is 5.26 Å². The summed E-state index contributed by atoms with van der Waals surface area (Å²) in [6, 6.07) is 9.57. The van der Waals surface area contributed by atoms with Crippen LogP contribution in [-0.2, 0) is 15.1 Å². The maximum Gasteiger partial charge on any atom is 0.220 e. The van der Waals surface area contributed by atoms with Crippen LogP contribution < -0.4 is 5.32 Å². The van der Waals surface area contributed by atoms with E-state index in [0.29, 0.717) is 30.6 Å². The van der Waals surface area contributed by atoms with Crippen LogP contribution in [0, 0.1) is 17.2 Å². The summed E-state index contributed by atoms with van der Waals surface area (Å²) in [5.41, 5.74) is 1.34. The maximum atomic E-state index is 12.1. The topological polar surface area (TPSA) is 70.0 Å². The zero-order chi connectivity index (χ0) is 15.6. The number of Topliss-reactive ketones (excluding diaryl/α,β-unsaturated/α-hetero) is 1. The van der Waals surface area contributed by atoms with E-state index in [1.54, 1.807) is 6.07 Å². The van der Waals surface area contributed by atoms with Crippen molar-refractivity contribution >= 4 is 11.7 Å². The van der Waals surface area contributed by atoms with Crippen LogP contribution in [0.5, 0.6) is 0 Å². The number of nitrogens with one attached hydrogen (secondary N) is 1. The highest BCUT2D eigenvalue weighted by Crippen LogP contribution is 2.45. The van der Waals surface area contributed by atoms with Gasteiger partial charge in [-0.3, -0.25) is 9.59 Å². The van der Waals surface area contributed by atoms with E-state index in [9.17, 15) is 9.59 Å². The van der Waals surface area contributed by atoms with Crippen LogP contribution in [0.25, 0.3) is 0 Å². The van der Waals surface area contributed by atoms with Gasteiger partial charge in [0.25, 0.3) is 0 Å². The molecule has 3 rings (SSSR count). The number of rotatable bonds is 7. The van der Waals surface area contributed by atoms with Gasteiger partial charge in [0.2, 0.25) is 5.91 Å². The lowest BCUT2D eigenvalue weighted by Gasteiger charge is -2.18. The molecule has 0 atom stereocenters. The number of carbonyl (C=O) groups excluding carboxylic acids is 2. The minimum atomic E-state index is -0.287. The van der Waals surface area contributed by atoms with E-state index >= 15 is 0 Å². The Kier molecular flexibility index (Phi) is 3.98. The first kappa shape index (κ1) is 14.8. The zero-order valence-corrected chi connectivity index (χ0v) is 12.6. The van der Waals surface area contributed by atoms with Crippen LogP contribution in [0.15, 0.2) is 24.3 Å². The smallest absolute Gasteiger partial charge is 0.220 e. The lowest BCUT2D eigenvalue weighted by atomic mass is 10.0. The summed E-state index contributed by atoms with van der Waals surface area (Å²) >= 11 is 0. The van der Waals surface area contributed by atoms with Crippen LogP contribution in [-0.4, -0.2) is 11.7 Å². The Balaban J connectivity index is 1.51. The average Bonchev–Trinajstić information content (AvgIpc) is 3.41. The molecule has 0 bridgehead atoms. The SMILES string of the molecule is N#Cc1cccc(C2(NC(=O)CCCC(=O)C3CC3)CC2)c1. The molecule has 2 saturated carbocycles. The van der Waals surface area contributed by atoms with Crippen molar-refractivity contribution in [3.8, 4) is 6.07 Å². The van der Waals surface area contributed by atoms with Gasteiger partial charge in [0.05, 0.1) is 17.2 Å². The molecule has 0 aliphatic heterocycles. The average molecular weight is 296 g/mol. The van der Waals surface area contributed by atoms with Crippen molar-refractivity contribution in [2.75, 3.05) is 0 Å². The highest BCUT2D eigenvalue weighted by molar-refractivity contribution is 5.84. The Morgan fingerprint density at radius 2 is 2.05 bits per heavy atom. The number of hydrogen-bond donors (Lipinski definition) is 1. The number of benzene rings is 1. The molecule has 22 heavy (non-hydrogen) atoms. The van der Waals surface area contributed by atoms with Gasteiger partial charge in [0.15, 0.2) is 0 Å². The second kappa shape index (κ2) is 5.92. The van der Waals surface area contributed by atoms with E-state index < -0.39 is 0 Å². The van der Waals surface area contributed by atoms with Gasteiger partial charge in [-0.05, 0) is 49.8 Å². The van der Waals surface area contributed by atoms with Gasteiger partial charge in [0, 0.05) is 18.8 Å². The molecule has 4 heteroatoms. The minimum Gasteiger partial charge on any atom is -0.347 e. The van der Waals surface area contributed by atoms with E-state index in [2.05, 4.69) is 11.4 Å². The predicted octanol–water partition coefficient (Wildman–Crippen LogP) is 2.81. The quantitative estimate of drug-likeness (QED) is 0.841. The van der Waals surface area contributed by atoms with Gasteiger partial charge in [0.1, 0.15) is 5.78 Å². The number of hydrogen-bond acceptors (Lipinski definition) is 3. The van der Waals surface area contributed by atoms with Crippen molar-refractivity contribution in [2.45, 2.75) is 50.5 Å². The molecular formula is C18H20N2O2. The third-order valence-corrected chi connectivity index (χ3v) is 4.53. The van der Waals surface area contributed by atoms with Gasteiger partial charge in [-0.25, -0.2) is 0 Å². The molecule has 1 N–H and O–H groups in total. The zero-order valence-electron chi connectivity index (χ0n) is 12.6. The molecule has 1 aromatic carbocycles. The summed E-state index contributed by atoms with van der Waals surface area (Å²) in [6.45, 7) is 0. The van der Waals surface area contributed by atoms with E-state index in [4.69, 9.17) is 5.26 Å². The van der Waals surface area contributed by atoms with E-state index in [-0.39, 0.29) is 17.4 Å². The van der Waals surface area contributed by atoms with Crippen LogP contribution in [0.4, 0.5) is 0 Å². The Morgan fingerprint density at radius 1 is 1.27 bits per heavy atom. The summed E-state index contributed by atoms with van der Waals surface area (Å²) < 4.78 is 0. The van der Waals surface area contributed by atoms with Gasteiger partial charge in [-0.1, -0.05) is 12.1 Å². The molecule has 0 unspecified atom stereocenters. The van der Waals surface area contributed by atoms with Crippen molar-refractivity contribution in [1.82, 2.24) is 5.32 Å². The monoisotopic (exact) mass is 296 g/mol. The number of nitrogens with zero attached hydrogens (tertiary/aromatic N) is 1. The Bertz CT molecular complexity index is 637. The number of ketones is 1. The van der Waals surface area contributed by atoms with Crippen LogP contribution in [0.1, 0.15) is 56.1 Å². The van der Waals surface area contributed by atoms with Crippen LogP contribution in [0.3, 0.4) is 0 Å². The Morgan fingerprint density at radius 3 is 2.68 bits per heavy atom. The second-order valence-corrected chi connectivity index (χ2v) is 6.42. The standard InChI is InChI=1S/C18H20N2O2/c19-12-13-3-1-4-15(11-13)18(9-10-18)20-17(22)6-2-5-16(21)14-7-8-14/h1,3-4,11,14H,2,5-10H2,(H,20,22).